The van der Waals surface area contributed by atoms with Crippen molar-refractivity contribution in [3.8, 4) is 0 Å². The van der Waals surface area contributed by atoms with Gasteiger partial charge >= 0.3 is 5.97 Å². The van der Waals surface area contributed by atoms with Crippen LogP contribution in [-0.2, 0) is 14.3 Å². The van der Waals surface area contributed by atoms with E-state index in [1.54, 1.807) is 24.3 Å². The molecule has 0 heterocycles. The third kappa shape index (κ3) is 1.53. The molecule has 0 aliphatic carbocycles. The van der Waals surface area contributed by atoms with Gasteiger partial charge in [0.15, 0.2) is 5.43 Å². The standard InChI is InChI=1S/C15H8O5/c16-7-20-14(15(18)19)12-9-5-1-3-8-4-2-6-10(11(8)9)13(12)17/h1-7H,(H,18,19)/b14-12-. The van der Waals surface area contributed by atoms with Crippen molar-refractivity contribution in [3.05, 3.63) is 51.8 Å². The number of hydrogen-bond donors (Lipinski definition) is 1. The third-order valence-corrected chi connectivity index (χ3v) is 3.23. The number of carbonyl (C=O) groups excluding carboxylic acids is 1. The first kappa shape index (κ1) is 12.1. The molecule has 0 aromatic heterocycles. The Morgan fingerprint density at radius 2 is 1.75 bits per heavy atom. The van der Waals surface area contributed by atoms with Crippen LogP contribution in [0, 0.1) is 0 Å². The second-order valence-electron chi connectivity index (χ2n) is 4.26. The van der Waals surface area contributed by atoms with E-state index in [9.17, 15) is 14.4 Å². The molecule has 0 amide bonds. The van der Waals surface area contributed by atoms with Crippen LogP contribution in [0.15, 0.2) is 41.2 Å². The Labute approximate surface area is 112 Å². The zero-order chi connectivity index (χ0) is 14.3. The first-order valence-corrected chi connectivity index (χ1v) is 5.80. The van der Waals surface area contributed by atoms with E-state index in [-0.39, 0.29) is 11.7 Å². The van der Waals surface area contributed by atoms with E-state index in [1.807, 2.05) is 12.1 Å². The van der Waals surface area contributed by atoms with Gasteiger partial charge in [-0.1, -0.05) is 36.4 Å². The van der Waals surface area contributed by atoms with Gasteiger partial charge in [-0.25, -0.2) is 4.79 Å². The van der Waals surface area contributed by atoms with Crippen molar-refractivity contribution in [1.82, 2.24) is 0 Å². The Bertz CT molecular complexity index is 937. The van der Waals surface area contributed by atoms with Crippen molar-refractivity contribution in [2.24, 2.45) is 0 Å². The highest BCUT2D eigenvalue weighted by molar-refractivity contribution is 6.16. The van der Waals surface area contributed by atoms with Crippen LogP contribution in [0.25, 0.3) is 27.3 Å². The number of carbonyl (C=O) groups is 2. The highest BCUT2D eigenvalue weighted by Crippen LogP contribution is 2.23. The van der Waals surface area contributed by atoms with Crippen molar-refractivity contribution < 1.29 is 19.4 Å². The summed E-state index contributed by atoms with van der Waals surface area (Å²) in [5.74, 6) is -2.10. The average molecular weight is 268 g/mol. The molecular weight excluding hydrogens is 260 g/mol. The van der Waals surface area contributed by atoms with Crippen LogP contribution < -0.4 is 10.6 Å². The van der Waals surface area contributed by atoms with Crippen LogP contribution in [0.4, 0.5) is 0 Å². The van der Waals surface area contributed by atoms with Crippen LogP contribution in [0.5, 0.6) is 0 Å². The summed E-state index contributed by atoms with van der Waals surface area (Å²) in [4.78, 5) is 34.0. The molecule has 0 unspecified atom stereocenters. The molecule has 20 heavy (non-hydrogen) atoms. The Kier molecular flexibility index (Phi) is 2.61. The van der Waals surface area contributed by atoms with Gasteiger partial charge in [0.25, 0.3) is 6.47 Å². The lowest BCUT2D eigenvalue weighted by Crippen LogP contribution is -2.27. The summed E-state index contributed by atoms with van der Waals surface area (Å²) in [7, 11) is 0. The third-order valence-electron chi connectivity index (χ3n) is 3.23. The molecular formula is C15H8O5. The molecule has 3 aromatic carbocycles. The topological polar surface area (TPSA) is 80.7 Å². The minimum absolute atomic E-state index is 0.00680. The van der Waals surface area contributed by atoms with Gasteiger partial charge in [-0.2, -0.15) is 0 Å². The molecule has 3 rings (SSSR count). The first-order valence-electron chi connectivity index (χ1n) is 5.80. The highest BCUT2D eigenvalue weighted by atomic mass is 16.5. The number of hydrogen-bond acceptors (Lipinski definition) is 4. The Morgan fingerprint density at radius 3 is 2.35 bits per heavy atom. The predicted octanol–water partition coefficient (Wildman–Crippen LogP) is 0.876. The SMILES string of the molecule is O=CO/C(C(=O)O)=c1\c(=O)c2cccc3cccc1c32. The number of ether oxygens (including phenoxy) is 1. The molecule has 1 N–H and O–H groups in total. The molecule has 98 valence electrons. The molecule has 0 aliphatic rings. The normalized spacial score (nSPS) is 12.6. The van der Waals surface area contributed by atoms with Crippen molar-refractivity contribution >= 4 is 39.7 Å². The summed E-state index contributed by atoms with van der Waals surface area (Å²) in [6.45, 7) is 0.00680. The lowest BCUT2D eigenvalue weighted by Gasteiger charge is -1.98. The Morgan fingerprint density at radius 1 is 1.10 bits per heavy atom. The fourth-order valence-corrected chi connectivity index (χ4v) is 2.49. The van der Waals surface area contributed by atoms with Gasteiger partial charge in [-0.3, -0.25) is 9.59 Å². The largest absolute Gasteiger partial charge is 0.475 e. The molecule has 0 saturated heterocycles. The van der Waals surface area contributed by atoms with Gasteiger partial charge < -0.3 is 9.84 Å². The molecule has 5 nitrogen and oxygen atoms in total. The van der Waals surface area contributed by atoms with Gasteiger partial charge in [0, 0.05) is 10.8 Å². The number of rotatable bonds is 3. The maximum atomic E-state index is 12.4. The lowest BCUT2D eigenvalue weighted by atomic mass is 10.1. The minimum atomic E-state index is -1.45. The molecule has 0 aliphatic heterocycles. The summed E-state index contributed by atoms with van der Waals surface area (Å²) < 4.78 is 4.50. The zero-order valence-electron chi connectivity index (χ0n) is 10.1. The Balaban J connectivity index is 2.67. The molecule has 0 saturated carbocycles. The second-order valence-corrected chi connectivity index (χ2v) is 4.26. The first-order chi connectivity index (χ1) is 9.65. The van der Waals surface area contributed by atoms with Crippen molar-refractivity contribution in [3.63, 3.8) is 0 Å². The van der Waals surface area contributed by atoms with Crippen LogP contribution in [0.2, 0.25) is 0 Å². The van der Waals surface area contributed by atoms with Gasteiger partial charge in [0.1, 0.15) is 0 Å². The number of benzene rings is 2. The molecule has 0 bridgehead atoms. The van der Waals surface area contributed by atoms with Crippen LogP contribution >= 0.6 is 0 Å². The quantitative estimate of drug-likeness (QED) is 0.713. The van der Waals surface area contributed by atoms with Crippen molar-refractivity contribution in [2.45, 2.75) is 0 Å². The fraction of sp³-hybridized carbons (Fsp3) is 0. The smallest absolute Gasteiger partial charge is 0.372 e. The van der Waals surface area contributed by atoms with E-state index < -0.39 is 17.2 Å². The van der Waals surface area contributed by atoms with Crippen molar-refractivity contribution in [1.29, 1.82) is 0 Å². The van der Waals surface area contributed by atoms with E-state index >= 15 is 0 Å². The molecule has 0 atom stereocenters. The summed E-state index contributed by atoms with van der Waals surface area (Å²) >= 11 is 0. The summed E-state index contributed by atoms with van der Waals surface area (Å²) in [6, 6.07) is 10.4. The molecule has 5 heteroatoms. The number of aliphatic carboxylic acids is 1. The monoisotopic (exact) mass is 268 g/mol. The number of carboxylic acids is 1. The second kappa shape index (κ2) is 4.31. The lowest BCUT2D eigenvalue weighted by molar-refractivity contribution is -0.136. The van der Waals surface area contributed by atoms with Crippen LogP contribution in [0.1, 0.15) is 0 Å². The van der Waals surface area contributed by atoms with Gasteiger partial charge in [-0.15, -0.1) is 0 Å². The molecule has 0 fully saturated rings. The van der Waals surface area contributed by atoms with E-state index in [0.717, 1.165) is 5.39 Å². The van der Waals surface area contributed by atoms with E-state index in [2.05, 4.69) is 4.74 Å². The predicted molar refractivity (Wildman–Crippen MR) is 72.3 cm³/mol. The highest BCUT2D eigenvalue weighted by Gasteiger charge is 2.19. The van der Waals surface area contributed by atoms with Gasteiger partial charge in [-0.05, 0) is 10.8 Å². The minimum Gasteiger partial charge on any atom is -0.475 e. The zero-order valence-corrected chi connectivity index (χ0v) is 10.1. The summed E-state index contributed by atoms with van der Waals surface area (Å²) in [6.07, 6.45) is 0. The maximum absolute atomic E-state index is 12.4. The van der Waals surface area contributed by atoms with Crippen molar-refractivity contribution in [2.75, 3.05) is 0 Å². The average Bonchev–Trinajstić information content (AvgIpc) is 2.72. The molecule has 3 aromatic rings. The Hall–Kier alpha value is -2.95. The summed E-state index contributed by atoms with van der Waals surface area (Å²) in [5, 5.41) is 11.4. The van der Waals surface area contributed by atoms with Gasteiger partial charge in [0.2, 0.25) is 5.76 Å². The molecule has 0 radical (unpaired) electrons. The van der Waals surface area contributed by atoms with E-state index in [0.29, 0.717) is 16.2 Å². The van der Waals surface area contributed by atoms with Gasteiger partial charge in [0.05, 0.1) is 5.22 Å². The molecule has 0 spiro atoms. The summed E-state index contributed by atoms with van der Waals surface area (Å²) in [5.41, 5.74) is -0.448. The fourth-order valence-electron chi connectivity index (χ4n) is 2.49. The number of carboxylic acid groups (broad SMARTS) is 1. The van der Waals surface area contributed by atoms with Crippen LogP contribution in [0.3, 0.4) is 0 Å². The van der Waals surface area contributed by atoms with Crippen LogP contribution in [-0.4, -0.2) is 17.5 Å². The van der Waals surface area contributed by atoms with E-state index in [4.69, 9.17) is 5.11 Å². The maximum Gasteiger partial charge on any atom is 0.372 e. The van der Waals surface area contributed by atoms with E-state index in [1.165, 1.54) is 0 Å².